The van der Waals surface area contributed by atoms with Crippen LogP contribution >= 0.6 is 0 Å². The summed E-state index contributed by atoms with van der Waals surface area (Å²) >= 11 is 0. The minimum Gasteiger partial charge on any atom is -0.493 e. The van der Waals surface area contributed by atoms with Gasteiger partial charge in [-0.25, -0.2) is 0 Å². The van der Waals surface area contributed by atoms with Crippen molar-refractivity contribution in [3.63, 3.8) is 0 Å². The lowest BCUT2D eigenvalue weighted by Gasteiger charge is -2.53. The molecule has 4 bridgehead atoms. The maximum Gasteiger partial charge on any atom is 0.229 e. The number of benzene rings is 1. The predicted octanol–water partition coefficient (Wildman–Crippen LogP) is 1.93. The molecule has 1 aromatic carbocycles. The standard InChI is InChI=1S/C24H28N2O5/c1-25-6-5-24-15-9-17(29-2)18(30-3)10-16(15)26-21(28)11-19-22(23(24)26)14(8-20(24)27)13(12-25)4-7-31-19/h4,9-10,14,19,22-23H,5-8,11-12H2,1-3H3/t14?,19?,22?,23-,24+/m0/s1. The summed E-state index contributed by atoms with van der Waals surface area (Å²) < 4.78 is 17.4. The molecule has 164 valence electrons. The van der Waals surface area contributed by atoms with Gasteiger partial charge in [-0.3, -0.25) is 9.59 Å². The van der Waals surface area contributed by atoms with E-state index in [1.807, 2.05) is 17.0 Å². The number of piperidine rings is 1. The van der Waals surface area contributed by atoms with Crippen molar-refractivity contribution < 1.29 is 23.8 Å². The molecule has 0 aromatic heterocycles. The van der Waals surface area contributed by atoms with Crippen molar-refractivity contribution in [1.29, 1.82) is 0 Å². The van der Waals surface area contributed by atoms with Crippen LogP contribution in [0.1, 0.15) is 24.8 Å². The van der Waals surface area contributed by atoms with E-state index >= 15 is 0 Å². The highest BCUT2D eigenvalue weighted by Crippen LogP contribution is 2.61. The molecule has 1 aliphatic carbocycles. The first kappa shape index (κ1) is 19.3. The Labute approximate surface area is 181 Å². The minimum absolute atomic E-state index is 0.0334. The number of ketones is 1. The second-order valence-corrected chi connectivity index (χ2v) is 9.56. The quantitative estimate of drug-likeness (QED) is 0.676. The second kappa shape index (κ2) is 6.56. The molecule has 5 aliphatic rings. The van der Waals surface area contributed by atoms with Crippen LogP contribution in [0.25, 0.3) is 0 Å². The third kappa shape index (κ3) is 2.36. The van der Waals surface area contributed by atoms with E-state index in [2.05, 4.69) is 18.0 Å². The number of anilines is 1. The summed E-state index contributed by atoms with van der Waals surface area (Å²) in [6.45, 7) is 2.15. The van der Waals surface area contributed by atoms with Crippen LogP contribution in [-0.2, 0) is 19.7 Å². The van der Waals surface area contributed by atoms with Gasteiger partial charge in [0.2, 0.25) is 5.91 Å². The molecule has 1 aromatic rings. The highest BCUT2D eigenvalue weighted by atomic mass is 16.5. The number of hydrogen-bond donors (Lipinski definition) is 0. The molecule has 0 N–H and O–H groups in total. The number of carbonyl (C=O) groups is 2. The average Bonchev–Trinajstić information content (AvgIpc) is 2.99. The van der Waals surface area contributed by atoms with Gasteiger partial charge in [0.05, 0.1) is 50.5 Å². The Morgan fingerprint density at radius 3 is 2.68 bits per heavy atom. The van der Waals surface area contributed by atoms with Crippen LogP contribution in [-0.4, -0.2) is 69.7 Å². The topological polar surface area (TPSA) is 68.3 Å². The van der Waals surface area contributed by atoms with Crippen molar-refractivity contribution >= 4 is 17.4 Å². The molecule has 7 nitrogen and oxygen atoms in total. The van der Waals surface area contributed by atoms with Crippen LogP contribution in [0.5, 0.6) is 11.5 Å². The number of rotatable bonds is 2. The molecule has 0 spiro atoms. The molecule has 1 saturated carbocycles. The van der Waals surface area contributed by atoms with Crippen molar-refractivity contribution in [2.75, 3.05) is 45.9 Å². The van der Waals surface area contributed by atoms with E-state index in [4.69, 9.17) is 14.2 Å². The molecule has 4 aliphatic heterocycles. The van der Waals surface area contributed by atoms with Crippen LogP contribution in [0.4, 0.5) is 5.69 Å². The zero-order valence-corrected chi connectivity index (χ0v) is 18.2. The van der Waals surface area contributed by atoms with Gasteiger partial charge in [0.15, 0.2) is 11.5 Å². The third-order valence-electron chi connectivity index (χ3n) is 8.30. The third-order valence-corrected chi connectivity index (χ3v) is 8.30. The zero-order valence-electron chi connectivity index (χ0n) is 18.2. The summed E-state index contributed by atoms with van der Waals surface area (Å²) in [7, 11) is 5.32. The molecule has 2 saturated heterocycles. The number of amides is 1. The van der Waals surface area contributed by atoms with Gasteiger partial charge in [0, 0.05) is 24.9 Å². The molecular weight excluding hydrogens is 396 g/mol. The predicted molar refractivity (Wildman–Crippen MR) is 114 cm³/mol. The molecule has 3 unspecified atom stereocenters. The van der Waals surface area contributed by atoms with Gasteiger partial charge >= 0.3 is 0 Å². The Kier molecular flexibility index (Phi) is 4.09. The van der Waals surface area contributed by atoms with Gasteiger partial charge in [0.1, 0.15) is 5.78 Å². The molecule has 6 rings (SSSR count). The van der Waals surface area contributed by atoms with E-state index < -0.39 is 5.41 Å². The number of ether oxygens (including phenoxy) is 3. The lowest BCUT2D eigenvalue weighted by Crippen LogP contribution is -2.66. The van der Waals surface area contributed by atoms with Crippen LogP contribution in [0.2, 0.25) is 0 Å². The van der Waals surface area contributed by atoms with E-state index in [1.165, 1.54) is 5.57 Å². The average molecular weight is 424 g/mol. The highest BCUT2D eigenvalue weighted by Gasteiger charge is 2.67. The maximum absolute atomic E-state index is 14.0. The zero-order chi connectivity index (χ0) is 21.5. The van der Waals surface area contributed by atoms with E-state index in [9.17, 15) is 9.59 Å². The van der Waals surface area contributed by atoms with Crippen molar-refractivity contribution in [3.8, 4) is 11.5 Å². The van der Waals surface area contributed by atoms with Crippen molar-refractivity contribution in [3.05, 3.63) is 29.3 Å². The molecule has 1 amide bonds. The summed E-state index contributed by atoms with van der Waals surface area (Å²) in [6.07, 6.45) is 3.56. The van der Waals surface area contributed by atoms with E-state index in [0.29, 0.717) is 37.4 Å². The molecule has 3 fully saturated rings. The maximum atomic E-state index is 14.0. The Balaban J connectivity index is 1.65. The largest absolute Gasteiger partial charge is 0.493 e. The van der Waals surface area contributed by atoms with E-state index in [1.54, 1.807) is 14.2 Å². The fourth-order valence-electron chi connectivity index (χ4n) is 7.01. The molecule has 5 atom stereocenters. The first-order valence-corrected chi connectivity index (χ1v) is 11.1. The van der Waals surface area contributed by atoms with Gasteiger partial charge < -0.3 is 24.0 Å². The summed E-state index contributed by atoms with van der Waals surface area (Å²) in [5, 5.41) is 0. The highest BCUT2D eigenvalue weighted by molar-refractivity contribution is 6.06. The summed E-state index contributed by atoms with van der Waals surface area (Å²) in [4.78, 5) is 31.7. The lowest BCUT2D eigenvalue weighted by molar-refractivity contribution is -0.140. The number of likely N-dealkylation sites (N-methyl/N-ethyl adjacent to an activating group) is 1. The van der Waals surface area contributed by atoms with Crippen LogP contribution < -0.4 is 14.4 Å². The lowest BCUT2D eigenvalue weighted by atomic mass is 9.55. The first-order valence-electron chi connectivity index (χ1n) is 11.1. The second-order valence-electron chi connectivity index (χ2n) is 9.56. The number of methoxy groups -OCH3 is 2. The van der Waals surface area contributed by atoms with Crippen molar-refractivity contribution in [1.82, 2.24) is 4.90 Å². The monoisotopic (exact) mass is 424 g/mol. The summed E-state index contributed by atoms with van der Waals surface area (Å²) in [6, 6.07) is 3.61. The Bertz CT molecular complexity index is 1020. The van der Waals surface area contributed by atoms with Crippen molar-refractivity contribution in [2.24, 2.45) is 11.8 Å². The molecular formula is C24H28N2O5. The smallest absolute Gasteiger partial charge is 0.229 e. The Morgan fingerprint density at radius 1 is 1.13 bits per heavy atom. The normalized spacial score (nSPS) is 36.2. The molecule has 4 heterocycles. The van der Waals surface area contributed by atoms with Gasteiger partial charge in [-0.15, -0.1) is 0 Å². The Morgan fingerprint density at radius 2 is 1.90 bits per heavy atom. The minimum atomic E-state index is -0.734. The Hall–Kier alpha value is -2.38. The van der Waals surface area contributed by atoms with E-state index in [-0.39, 0.29) is 35.7 Å². The van der Waals surface area contributed by atoms with Gasteiger partial charge in [0.25, 0.3) is 0 Å². The van der Waals surface area contributed by atoms with Crippen LogP contribution in [0.3, 0.4) is 0 Å². The number of Topliss-reactive ketones (excluding diaryl/α,β-unsaturated/α-hetero) is 1. The molecule has 0 radical (unpaired) electrons. The molecule has 7 heteroatoms. The van der Waals surface area contributed by atoms with Gasteiger partial charge in [-0.05, 0) is 37.6 Å². The summed E-state index contributed by atoms with van der Waals surface area (Å²) in [5.74, 6) is 1.68. The van der Waals surface area contributed by atoms with Gasteiger partial charge in [-0.2, -0.15) is 0 Å². The fourth-order valence-corrected chi connectivity index (χ4v) is 7.01. The number of fused-ring (bicyclic) bond motifs is 2. The summed E-state index contributed by atoms with van der Waals surface area (Å²) in [5.41, 5.74) is 2.27. The number of hydrogen-bond acceptors (Lipinski definition) is 6. The molecule has 31 heavy (non-hydrogen) atoms. The SMILES string of the molecule is COc1cc2c(cc1OC)[C@@]13CCN(C)CC4=CCOC5CC(=O)N2[C@H]1C5C4CC3=O. The van der Waals surface area contributed by atoms with E-state index in [0.717, 1.165) is 24.3 Å². The van der Waals surface area contributed by atoms with Crippen LogP contribution in [0.15, 0.2) is 23.8 Å². The van der Waals surface area contributed by atoms with Crippen molar-refractivity contribution in [2.45, 2.75) is 36.8 Å². The first-order chi connectivity index (χ1) is 15.0. The number of nitrogens with zero attached hydrogens (tertiary/aromatic N) is 2. The van der Waals surface area contributed by atoms with Gasteiger partial charge in [-0.1, -0.05) is 11.6 Å². The fraction of sp³-hybridized carbons (Fsp3) is 0.583. The van der Waals surface area contributed by atoms with Crippen LogP contribution in [0, 0.1) is 11.8 Å². The number of carbonyl (C=O) groups excluding carboxylic acids is 2.